The molecular weight excluding hydrogens is 372 g/mol. The average molecular weight is 385 g/mol. The Hall–Kier alpha value is -2.88. The average Bonchev–Trinajstić information content (AvgIpc) is 3.02. The standard InChI is InChI=1S/C19H13ClN2O3S/c20-17-14-8-4-5-9-15(14)26-18(17)19(24)25-12-16(23)22(11-10-21)13-6-2-1-3-7-13/h1-9H,11-12H2. The fourth-order valence-corrected chi connectivity index (χ4v) is 3.82. The molecule has 1 heterocycles. The van der Waals surface area contributed by atoms with Gasteiger partial charge in [-0.25, -0.2) is 4.79 Å². The van der Waals surface area contributed by atoms with E-state index in [1.807, 2.05) is 36.4 Å². The molecule has 0 fully saturated rings. The maximum atomic E-state index is 12.4. The monoisotopic (exact) mass is 384 g/mol. The molecule has 0 bridgehead atoms. The van der Waals surface area contributed by atoms with Crippen LogP contribution in [-0.2, 0) is 9.53 Å². The Morgan fingerprint density at radius 1 is 1.12 bits per heavy atom. The number of esters is 1. The first kappa shape index (κ1) is 17.9. The van der Waals surface area contributed by atoms with Crippen molar-refractivity contribution in [3.05, 3.63) is 64.5 Å². The molecule has 0 saturated carbocycles. The quantitative estimate of drug-likeness (QED) is 0.486. The van der Waals surface area contributed by atoms with Gasteiger partial charge in [-0.3, -0.25) is 9.69 Å². The summed E-state index contributed by atoms with van der Waals surface area (Å²) < 4.78 is 6.00. The Balaban J connectivity index is 1.72. The lowest BCUT2D eigenvalue weighted by Gasteiger charge is -2.19. The molecule has 0 aliphatic rings. The number of hydrogen-bond acceptors (Lipinski definition) is 5. The Labute approximate surface area is 159 Å². The predicted octanol–water partition coefficient (Wildman–Crippen LogP) is 4.27. The summed E-state index contributed by atoms with van der Waals surface area (Å²) in [6, 6.07) is 18.0. The Bertz CT molecular complexity index is 995. The summed E-state index contributed by atoms with van der Waals surface area (Å²) in [5.41, 5.74) is 0.565. The number of anilines is 1. The summed E-state index contributed by atoms with van der Waals surface area (Å²) in [6.07, 6.45) is 0. The van der Waals surface area contributed by atoms with Gasteiger partial charge in [-0.1, -0.05) is 48.0 Å². The molecule has 7 heteroatoms. The lowest BCUT2D eigenvalue weighted by Crippen LogP contribution is -2.35. The number of amides is 1. The van der Waals surface area contributed by atoms with Crippen LogP contribution in [0.4, 0.5) is 5.69 Å². The van der Waals surface area contributed by atoms with E-state index < -0.39 is 18.5 Å². The van der Waals surface area contributed by atoms with Gasteiger partial charge >= 0.3 is 5.97 Å². The second-order valence-corrected chi connectivity index (χ2v) is 6.72. The first-order valence-electron chi connectivity index (χ1n) is 7.68. The van der Waals surface area contributed by atoms with Crippen molar-refractivity contribution in [1.29, 1.82) is 5.26 Å². The van der Waals surface area contributed by atoms with Gasteiger partial charge in [0.05, 0.1) is 11.1 Å². The van der Waals surface area contributed by atoms with Crippen LogP contribution in [0.1, 0.15) is 9.67 Å². The number of fused-ring (bicyclic) bond motifs is 1. The van der Waals surface area contributed by atoms with Crippen LogP contribution in [0.15, 0.2) is 54.6 Å². The number of ether oxygens (including phenoxy) is 1. The van der Waals surface area contributed by atoms with Crippen molar-refractivity contribution < 1.29 is 14.3 Å². The number of thiophene rings is 1. The van der Waals surface area contributed by atoms with Crippen LogP contribution in [-0.4, -0.2) is 25.0 Å². The van der Waals surface area contributed by atoms with E-state index in [1.54, 1.807) is 24.3 Å². The largest absolute Gasteiger partial charge is 0.451 e. The molecule has 0 saturated heterocycles. The predicted molar refractivity (Wildman–Crippen MR) is 102 cm³/mol. The summed E-state index contributed by atoms with van der Waals surface area (Å²) in [5.74, 6) is -1.14. The maximum absolute atomic E-state index is 12.4. The van der Waals surface area contributed by atoms with Crippen molar-refractivity contribution in [3.8, 4) is 6.07 Å². The number of rotatable bonds is 5. The van der Waals surface area contributed by atoms with Crippen LogP contribution in [0.25, 0.3) is 10.1 Å². The third-order valence-corrected chi connectivity index (χ3v) is 5.30. The Morgan fingerprint density at radius 2 is 1.81 bits per heavy atom. The molecule has 0 aliphatic carbocycles. The number of carbonyl (C=O) groups excluding carboxylic acids is 2. The highest BCUT2D eigenvalue weighted by Crippen LogP contribution is 2.35. The summed E-state index contributed by atoms with van der Waals surface area (Å²) in [6.45, 7) is -0.607. The summed E-state index contributed by atoms with van der Waals surface area (Å²) in [4.78, 5) is 26.2. The van der Waals surface area contributed by atoms with Crippen LogP contribution >= 0.6 is 22.9 Å². The molecule has 26 heavy (non-hydrogen) atoms. The van der Waals surface area contributed by atoms with Gasteiger partial charge in [0.25, 0.3) is 5.91 Å². The van der Waals surface area contributed by atoms with Crippen molar-refractivity contribution in [2.45, 2.75) is 0 Å². The smallest absolute Gasteiger partial charge is 0.350 e. The molecule has 0 unspecified atom stereocenters. The highest BCUT2D eigenvalue weighted by molar-refractivity contribution is 7.21. The van der Waals surface area contributed by atoms with Crippen LogP contribution in [0.2, 0.25) is 5.02 Å². The topological polar surface area (TPSA) is 70.4 Å². The van der Waals surface area contributed by atoms with Crippen molar-refractivity contribution in [3.63, 3.8) is 0 Å². The highest BCUT2D eigenvalue weighted by atomic mass is 35.5. The molecule has 1 aromatic heterocycles. The van der Waals surface area contributed by atoms with Crippen molar-refractivity contribution in [1.82, 2.24) is 0 Å². The number of nitriles is 1. The second-order valence-electron chi connectivity index (χ2n) is 5.29. The van der Waals surface area contributed by atoms with Crippen LogP contribution in [0, 0.1) is 11.3 Å². The molecule has 2 aromatic carbocycles. The van der Waals surface area contributed by atoms with Crippen molar-refractivity contribution in [2.24, 2.45) is 0 Å². The molecule has 0 radical (unpaired) electrons. The van der Waals surface area contributed by atoms with E-state index >= 15 is 0 Å². The van der Waals surface area contributed by atoms with Gasteiger partial charge in [-0.2, -0.15) is 5.26 Å². The third-order valence-electron chi connectivity index (χ3n) is 3.64. The number of hydrogen-bond donors (Lipinski definition) is 0. The van der Waals surface area contributed by atoms with E-state index in [0.29, 0.717) is 10.7 Å². The van der Waals surface area contributed by atoms with Gasteiger partial charge in [0.2, 0.25) is 0 Å². The molecule has 0 atom stereocenters. The van der Waals surface area contributed by atoms with Crippen molar-refractivity contribution >= 4 is 50.6 Å². The SMILES string of the molecule is N#CCN(C(=O)COC(=O)c1sc2ccccc2c1Cl)c1ccccc1. The number of nitrogens with zero attached hydrogens (tertiary/aromatic N) is 2. The molecule has 3 aromatic rings. The van der Waals surface area contributed by atoms with E-state index in [9.17, 15) is 9.59 Å². The summed E-state index contributed by atoms with van der Waals surface area (Å²) in [7, 11) is 0. The number of benzene rings is 2. The van der Waals surface area contributed by atoms with Crippen molar-refractivity contribution in [2.75, 3.05) is 18.1 Å². The molecule has 130 valence electrons. The fourth-order valence-electron chi connectivity index (χ4n) is 2.42. The van der Waals surface area contributed by atoms with E-state index in [4.69, 9.17) is 21.6 Å². The van der Waals surface area contributed by atoms with Crippen LogP contribution in [0.5, 0.6) is 0 Å². The third kappa shape index (κ3) is 3.69. The van der Waals surface area contributed by atoms with Gasteiger partial charge in [0.15, 0.2) is 6.61 Å². The lowest BCUT2D eigenvalue weighted by molar-refractivity contribution is -0.121. The fraction of sp³-hybridized carbons (Fsp3) is 0.105. The zero-order chi connectivity index (χ0) is 18.5. The molecule has 3 rings (SSSR count). The van der Waals surface area contributed by atoms with Crippen LogP contribution in [0.3, 0.4) is 0 Å². The Morgan fingerprint density at radius 3 is 2.50 bits per heavy atom. The van der Waals surface area contributed by atoms with E-state index in [-0.39, 0.29) is 11.4 Å². The lowest BCUT2D eigenvalue weighted by atomic mass is 10.2. The zero-order valence-electron chi connectivity index (χ0n) is 13.5. The number of para-hydroxylation sites is 1. The normalized spacial score (nSPS) is 10.3. The minimum Gasteiger partial charge on any atom is -0.451 e. The Kier molecular flexibility index (Phi) is 5.52. The summed E-state index contributed by atoms with van der Waals surface area (Å²) in [5, 5.41) is 10.0. The summed E-state index contributed by atoms with van der Waals surface area (Å²) >= 11 is 7.46. The molecule has 0 N–H and O–H groups in total. The molecule has 1 amide bonds. The first-order valence-corrected chi connectivity index (χ1v) is 8.87. The van der Waals surface area contributed by atoms with E-state index in [2.05, 4.69) is 0 Å². The van der Waals surface area contributed by atoms with E-state index in [0.717, 1.165) is 10.1 Å². The van der Waals surface area contributed by atoms with Gasteiger partial charge in [0.1, 0.15) is 11.4 Å². The highest BCUT2D eigenvalue weighted by Gasteiger charge is 2.21. The maximum Gasteiger partial charge on any atom is 0.350 e. The molecule has 5 nitrogen and oxygen atoms in total. The van der Waals surface area contributed by atoms with Gasteiger partial charge in [0, 0.05) is 15.8 Å². The van der Waals surface area contributed by atoms with Crippen LogP contribution < -0.4 is 4.90 Å². The molecule has 0 aliphatic heterocycles. The first-order chi connectivity index (χ1) is 12.6. The van der Waals surface area contributed by atoms with Gasteiger partial charge in [-0.15, -0.1) is 11.3 Å². The minimum absolute atomic E-state index is 0.135. The number of carbonyl (C=O) groups is 2. The minimum atomic E-state index is -0.658. The molecular formula is C19H13ClN2O3S. The number of halogens is 1. The van der Waals surface area contributed by atoms with Gasteiger partial charge < -0.3 is 4.74 Å². The zero-order valence-corrected chi connectivity index (χ0v) is 15.1. The second kappa shape index (κ2) is 8.00. The van der Waals surface area contributed by atoms with Gasteiger partial charge in [-0.05, 0) is 18.2 Å². The molecule has 0 spiro atoms. The van der Waals surface area contributed by atoms with E-state index in [1.165, 1.54) is 16.2 Å².